The summed E-state index contributed by atoms with van der Waals surface area (Å²) in [6.07, 6.45) is 0. The molecule has 0 saturated heterocycles. The first-order valence-electron chi connectivity index (χ1n) is 11.3. The second-order valence-corrected chi connectivity index (χ2v) is 9.99. The smallest absolute Gasteiger partial charge is 0.337 e. The molecule has 37 heavy (non-hydrogen) atoms. The van der Waals surface area contributed by atoms with Gasteiger partial charge in [0.25, 0.3) is 10.0 Å². The van der Waals surface area contributed by atoms with Crippen LogP contribution in [0, 0.1) is 6.92 Å². The molecule has 186 valence electrons. The predicted octanol–water partition coefficient (Wildman–Crippen LogP) is 5.88. The molecule has 9 heteroatoms. The quantitative estimate of drug-likeness (QED) is 0.265. The van der Waals surface area contributed by atoms with Gasteiger partial charge in [-0.25, -0.2) is 18.2 Å². The number of benzene rings is 4. The van der Waals surface area contributed by atoms with Crippen LogP contribution in [0.25, 0.3) is 22.2 Å². The van der Waals surface area contributed by atoms with E-state index in [1.807, 2.05) is 30.3 Å². The molecule has 0 unspecified atom stereocenters. The van der Waals surface area contributed by atoms with Gasteiger partial charge in [-0.15, -0.1) is 0 Å². The number of nitrogens with one attached hydrogen (secondary N) is 1. The minimum absolute atomic E-state index is 0.0118. The number of aryl methyl sites for hydroxylation is 1. The van der Waals surface area contributed by atoms with Gasteiger partial charge in [0.05, 0.1) is 16.1 Å². The van der Waals surface area contributed by atoms with E-state index in [0.717, 1.165) is 5.56 Å². The lowest BCUT2D eigenvalue weighted by molar-refractivity contribution is 0.0698. The van der Waals surface area contributed by atoms with Crippen molar-refractivity contribution in [2.24, 2.45) is 0 Å². The van der Waals surface area contributed by atoms with Crippen molar-refractivity contribution in [3.63, 3.8) is 0 Å². The molecule has 0 aliphatic heterocycles. The number of anilines is 1. The molecule has 1 aromatic heterocycles. The lowest BCUT2D eigenvalue weighted by Crippen LogP contribution is -2.15. The summed E-state index contributed by atoms with van der Waals surface area (Å²) in [5, 5.41) is 11.0. The minimum atomic E-state index is -4.05. The fraction of sp³-hybridized carbons (Fsp3) is 0.0714. The maximum Gasteiger partial charge on any atom is 0.337 e. The molecule has 0 bridgehead atoms. The highest BCUT2D eigenvalue weighted by Gasteiger charge is 2.20. The van der Waals surface area contributed by atoms with Crippen molar-refractivity contribution in [3.8, 4) is 17.2 Å². The summed E-state index contributed by atoms with van der Waals surface area (Å²) in [5.74, 6) is 0.343. The Morgan fingerprint density at radius 2 is 1.59 bits per heavy atom. The van der Waals surface area contributed by atoms with E-state index < -0.39 is 16.0 Å². The van der Waals surface area contributed by atoms with Gasteiger partial charge in [-0.1, -0.05) is 42.5 Å². The normalized spacial score (nSPS) is 11.4. The van der Waals surface area contributed by atoms with Crippen LogP contribution in [0.4, 0.5) is 5.69 Å². The van der Waals surface area contributed by atoms with Gasteiger partial charge in [-0.3, -0.25) is 4.72 Å². The number of sulfonamides is 1. The highest BCUT2D eigenvalue weighted by molar-refractivity contribution is 7.92. The van der Waals surface area contributed by atoms with Gasteiger partial charge in [0, 0.05) is 5.56 Å². The van der Waals surface area contributed by atoms with Crippen LogP contribution in [0.3, 0.4) is 0 Å². The number of ether oxygens (including phenoxy) is 1. The summed E-state index contributed by atoms with van der Waals surface area (Å²) in [6, 6.07) is 25.4. The number of hydrogen-bond acceptors (Lipinski definition) is 6. The van der Waals surface area contributed by atoms with E-state index in [2.05, 4.69) is 9.71 Å². The van der Waals surface area contributed by atoms with Crippen LogP contribution in [-0.4, -0.2) is 24.5 Å². The van der Waals surface area contributed by atoms with Gasteiger partial charge < -0.3 is 14.3 Å². The Labute approximate surface area is 213 Å². The molecule has 5 rings (SSSR count). The van der Waals surface area contributed by atoms with Gasteiger partial charge in [0.15, 0.2) is 0 Å². The highest BCUT2D eigenvalue weighted by atomic mass is 32.2. The second-order valence-electron chi connectivity index (χ2n) is 8.30. The van der Waals surface area contributed by atoms with E-state index >= 15 is 0 Å². The lowest BCUT2D eigenvalue weighted by Gasteiger charge is -2.13. The van der Waals surface area contributed by atoms with E-state index in [1.165, 1.54) is 36.4 Å². The molecule has 4 aromatic carbocycles. The molecule has 0 atom stereocenters. The van der Waals surface area contributed by atoms with Crippen molar-refractivity contribution in [2.75, 3.05) is 4.72 Å². The molecule has 5 aromatic rings. The second kappa shape index (κ2) is 9.79. The van der Waals surface area contributed by atoms with Crippen LogP contribution >= 0.6 is 0 Å². The first-order chi connectivity index (χ1) is 17.8. The maximum atomic E-state index is 13.0. The van der Waals surface area contributed by atoms with Crippen LogP contribution in [0.5, 0.6) is 5.75 Å². The van der Waals surface area contributed by atoms with Gasteiger partial charge >= 0.3 is 5.97 Å². The summed E-state index contributed by atoms with van der Waals surface area (Å²) in [7, 11) is -4.05. The number of aromatic carboxylic acids is 1. The number of hydrogen-bond donors (Lipinski definition) is 2. The molecule has 0 radical (unpaired) electrons. The molecular weight excluding hydrogens is 492 g/mol. The fourth-order valence-corrected chi connectivity index (χ4v) is 4.91. The Balaban J connectivity index is 1.31. The maximum absolute atomic E-state index is 13.0. The summed E-state index contributed by atoms with van der Waals surface area (Å²) < 4.78 is 40.0. The SMILES string of the molecule is Cc1oc(-c2ccccc2)nc1COc1ccc(S(=O)(=O)Nc2cc3ccccc3cc2C(=O)O)cc1. The van der Waals surface area contributed by atoms with Gasteiger partial charge in [0.2, 0.25) is 5.89 Å². The van der Waals surface area contributed by atoms with Crippen molar-refractivity contribution in [2.45, 2.75) is 18.4 Å². The standard InChI is InChI=1S/C28H22N2O6S/c1-18-26(29-27(36-18)19-7-3-2-4-8-19)17-35-22-11-13-23(14-12-22)37(33,34)30-25-16-21-10-6-5-9-20(21)15-24(25)28(31)32/h2-16,30H,17H2,1H3,(H,31,32). The average molecular weight is 515 g/mol. The van der Waals surface area contributed by atoms with E-state index in [9.17, 15) is 18.3 Å². The van der Waals surface area contributed by atoms with Crippen LogP contribution in [0.1, 0.15) is 21.8 Å². The molecule has 0 spiro atoms. The van der Waals surface area contributed by atoms with Crippen molar-refractivity contribution in [1.29, 1.82) is 0 Å². The zero-order chi connectivity index (χ0) is 26.0. The van der Waals surface area contributed by atoms with Crippen LogP contribution in [0.2, 0.25) is 0 Å². The third kappa shape index (κ3) is 5.17. The Bertz CT molecular complexity index is 1690. The molecule has 1 heterocycles. The van der Waals surface area contributed by atoms with E-state index in [-0.39, 0.29) is 22.8 Å². The Morgan fingerprint density at radius 3 is 2.27 bits per heavy atom. The molecular formula is C28H22N2O6S. The number of carboxylic acids is 1. The van der Waals surface area contributed by atoms with E-state index in [0.29, 0.717) is 33.9 Å². The third-order valence-electron chi connectivity index (χ3n) is 5.78. The van der Waals surface area contributed by atoms with Crippen molar-refractivity contribution >= 4 is 32.5 Å². The fourth-order valence-electron chi connectivity index (χ4n) is 3.84. The molecule has 0 aliphatic carbocycles. The summed E-state index contributed by atoms with van der Waals surface area (Å²) >= 11 is 0. The number of rotatable bonds is 8. The van der Waals surface area contributed by atoms with Crippen molar-refractivity contribution in [1.82, 2.24) is 4.98 Å². The number of fused-ring (bicyclic) bond motifs is 1. The minimum Gasteiger partial charge on any atom is -0.487 e. The van der Waals surface area contributed by atoms with Crippen molar-refractivity contribution in [3.05, 3.63) is 108 Å². The number of nitrogens with zero attached hydrogens (tertiary/aromatic N) is 1. The molecule has 0 fully saturated rings. The summed E-state index contributed by atoms with van der Waals surface area (Å²) in [4.78, 5) is 16.2. The zero-order valence-corrected chi connectivity index (χ0v) is 20.5. The topological polar surface area (TPSA) is 119 Å². The van der Waals surface area contributed by atoms with Gasteiger partial charge in [-0.2, -0.15) is 0 Å². The number of carbonyl (C=O) groups is 1. The number of aromatic nitrogens is 1. The summed E-state index contributed by atoms with van der Waals surface area (Å²) in [5.41, 5.74) is 1.34. The predicted molar refractivity (Wildman–Crippen MR) is 139 cm³/mol. The molecule has 0 saturated carbocycles. The Morgan fingerprint density at radius 1 is 0.946 bits per heavy atom. The Kier molecular flexibility index (Phi) is 6.37. The van der Waals surface area contributed by atoms with Crippen LogP contribution in [-0.2, 0) is 16.6 Å². The number of carboxylic acid groups (broad SMARTS) is 1. The van der Waals surface area contributed by atoms with Crippen LogP contribution in [0.15, 0.2) is 100 Å². The first kappa shape index (κ1) is 24.1. The van der Waals surface area contributed by atoms with Crippen molar-refractivity contribution < 1.29 is 27.5 Å². The highest BCUT2D eigenvalue weighted by Crippen LogP contribution is 2.28. The molecule has 2 N–H and O–H groups in total. The average Bonchev–Trinajstić information content (AvgIpc) is 3.28. The van der Waals surface area contributed by atoms with E-state index in [1.54, 1.807) is 31.2 Å². The van der Waals surface area contributed by atoms with Gasteiger partial charge in [-0.05, 0) is 66.2 Å². The monoisotopic (exact) mass is 514 g/mol. The largest absolute Gasteiger partial charge is 0.487 e. The molecule has 0 amide bonds. The summed E-state index contributed by atoms with van der Waals surface area (Å²) in [6.45, 7) is 1.95. The Hall–Kier alpha value is -4.63. The molecule has 0 aliphatic rings. The zero-order valence-electron chi connectivity index (χ0n) is 19.7. The number of oxazole rings is 1. The first-order valence-corrected chi connectivity index (χ1v) is 12.8. The molecule has 8 nitrogen and oxygen atoms in total. The van der Waals surface area contributed by atoms with E-state index in [4.69, 9.17) is 9.15 Å². The third-order valence-corrected chi connectivity index (χ3v) is 7.16. The van der Waals surface area contributed by atoms with Gasteiger partial charge in [0.1, 0.15) is 23.8 Å². The lowest BCUT2D eigenvalue weighted by atomic mass is 10.1. The van der Waals surface area contributed by atoms with Crippen LogP contribution < -0.4 is 9.46 Å².